The Bertz CT molecular complexity index is 306. The van der Waals surface area contributed by atoms with Gasteiger partial charge >= 0.3 is 0 Å². The normalized spacial score (nSPS) is 8.13. The van der Waals surface area contributed by atoms with E-state index in [1.165, 1.54) is 0 Å². The van der Waals surface area contributed by atoms with Gasteiger partial charge in [0, 0.05) is 9.79 Å². The molecule has 2 aromatic rings. The van der Waals surface area contributed by atoms with Crippen molar-refractivity contribution in [1.29, 1.82) is 0 Å². The standard InChI is InChI=1S/2C6H6S.CH4/c2*7-6-4-2-1-3-5-6;/h2*1-5,7H;1H4. The van der Waals surface area contributed by atoms with Gasteiger partial charge in [-0.05, 0) is 24.3 Å². The third-order valence-electron chi connectivity index (χ3n) is 1.51. The van der Waals surface area contributed by atoms with Crippen LogP contribution < -0.4 is 0 Å². The molecule has 0 amide bonds. The summed E-state index contributed by atoms with van der Waals surface area (Å²) in [7, 11) is 0. The second kappa shape index (κ2) is 8.45. The van der Waals surface area contributed by atoms with E-state index < -0.39 is 0 Å². The molecular weight excluding hydrogens is 220 g/mol. The van der Waals surface area contributed by atoms with Gasteiger partial charge in [0.25, 0.3) is 0 Å². The van der Waals surface area contributed by atoms with E-state index >= 15 is 0 Å². The molecule has 2 rings (SSSR count). The van der Waals surface area contributed by atoms with Crippen molar-refractivity contribution in [3.8, 4) is 0 Å². The predicted molar refractivity (Wildman–Crippen MR) is 74.1 cm³/mol. The number of benzene rings is 2. The summed E-state index contributed by atoms with van der Waals surface area (Å²) in [5, 5.41) is 0. The molecule has 0 saturated heterocycles. The van der Waals surface area contributed by atoms with E-state index in [0.29, 0.717) is 0 Å². The molecule has 15 heavy (non-hydrogen) atoms. The van der Waals surface area contributed by atoms with Gasteiger partial charge in [-0.15, -0.1) is 25.3 Å². The summed E-state index contributed by atoms with van der Waals surface area (Å²) in [6, 6.07) is 19.6. The topological polar surface area (TPSA) is 0 Å². The lowest BCUT2D eigenvalue weighted by molar-refractivity contribution is 1.48. The lowest BCUT2D eigenvalue weighted by Gasteiger charge is -1.81. The van der Waals surface area contributed by atoms with Crippen molar-refractivity contribution in [3.05, 3.63) is 60.7 Å². The molecule has 0 aliphatic rings. The maximum Gasteiger partial charge on any atom is 0.00399 e. The minimum atomic E-state index is 0. The zero-order chi connectivity index (χ0) is 10.2. The highest BCUT2D eigenvalue weighted by atomic mass is 32.1. The van der Waals surface area contributed by atoms with E-state index in [9.17, 15) is 0 Å². The van der Waals surface area contributed by atoms with E-state index in [4.69, 9.17) is 0 Å². The fourth-order valence-corrected chi connectivity index (χ4v) is 1.20. The SMILES string of the molecule is C.Sc1ccccc1.Sc1ccccc1. The molecule has 0 N–H and O–H groups in total. The fourth-order valence-electron chi connectivity index (χ4n) is 0.856. The molecule has 0 bridgehead atoms. The van der Waals surface area contributed by atoms with Crippen LogP contribution in [0.3, 0.4) is 0 Å². The van der Waals surface area contributed by atoms with Crippen LogP contribution in [0, 0.1) is 0 Å². The Morgan fingerprint density at radius 1 is 0.533 bits per heavy atom. The van der Waals surface area contributed by atoms with Gasteiger partial charge in [0.2, 0.25) is 0 Å². The lowest BCUT2D eigenvalue weighted by atomic mass is 10.4. The number of thiol groups is 2. The minimum absolute atomic E-state index is 0. The van der Waals surface area contributed by atoms with Crippen LogP contribution in [0.5, 0.6) is 0 Å². The Balaban J connectivity index is 0.000000245. The molecule has 0 heterocycles. The van der Waals surface area contributed by atoms with Crippen molar-refractivity contribution in [2.45, 2.75) is 17.2 Å². The van der Waals surface area contributed by atoms with Crippen molar-refractivity contribution in [2.75, 3.05) is 0 Å². The van der Waals surface area contributed by atoms with Gasteiger partial charge in [0.15, 0.2) is 0 Å². The first-order valence-corrected chi connectivity index (χ1v) is 5.16. The van der Waals surface area contributed by atoms with Crippen LogP contribution in [-0.2, 0) is 0 Å². The highest BCUT2D eigenvalue weighted by Gasteiger charge is 1.73. The molecule has 2 heteroatoms. The summed E-state index contributed by atoms with van der Waals surface area (Å²) < 4.78 is 0. The van der Waals surface area contributed by atoms with Gasteiger partial charge in [0.05, 0.1) is 0 Å². The molecule has 0 aromatic heterocycles. The summed E-state index contributed by atoms with van der Waals surface area (Å²) in [4.78, 5) is 2.03. The molecule has 0 fully saturated rings. The number of hydrogen-bond acceptors (Lipinski definition) is 2. The van der Waals surface area contributed by atoms with Crippen molar-refractivity contribution < 1.29 is 0 Å². The fraction of sp³-hybridized carbons (Fsp3) is 0.0769. The first-order valence-electron chi connectivity index (χ1n) is 4.27. The second-order valence-electron chi connectivity index (χ2n) is 2.67. The zero-order valence-electron chi connectivity index (χ0n) is 7.67. The predicted octanol–water partition coefficient (Wildman–Crippen LogP) is 4.59. The summed E-state index contributed by atoms with van der Waals surface area (Å²) >= 11 is 8.17. The summed E-state index contributed by atoms with van der Waals surface area (Å²) in [6.45, 7) is 0. The van der Waals surface area contributed by atoms with Crippen LogP contribution in [0.4, 0.5) is 0 Å². The molecule has 0 spiro atoms. The van der Waals surface area contributed by atoms with E-state index in [1.807, 2.05) is 60.7 Å². The minimum Gasteiger partial charge on any atom is -0.143 e. The maximum absolute atomic E-state index is 4.08. The smallest absolute Gasteiger partial charge is 0.00399 e. The molecule has 80 valence electrons. The van der Waals surface area contributed by atoms with Crippen LogP contribution in [0.2, 0.25) is 0 Å². The maximum atomic E-state index is 4.08. The molecule has 0 atom stereocenters. The largest absolute Gasteiger partial charge is 0.143 e. The Hall–Kier alpha value is -0.860. The van der Waals surface area contributed by atoms with Crippen LogP contribution in [-0.4, -0.2) is 0 Å². The number of rotatable bonds is 0. The Morgan fingerprint density at radius 2 is 0.800 bits per heavy atom. The van der Waals surface area contributed by atoms with Crippen LogP contribution in [0.1, 0.15) is 7.43 Å². The first-order chi connectivity index (χ1) is 6.79. The molecule has 2 aromatic carbocycles. The van der Waals surface area contributed by atoms with Gasteiger partial charge in [-0.3, -0.25) is 0 Å². The monoisotopic (exact) mass is 236 g/mol. The molecule has 0 unspecified atom stereocenters. The Morgan fingerprint density at radius 3 is 0.933 bits per heavy atom. The van der Waals surface area contributed by atoms with Crippen molar-refractivity contribution in [2.24, 2.45) is 0 Å². The third kappa shape index (κ3) is 7.11. The van der Waals surface area contributed by atoms with Crippen molar-refractivity contribution in [1.82, 2.24) is 0 Å². The molecule has 0 saturated carbocycles. The van der Waals surface area contributed by atoms with Gasteiger partial charge in [0.1, 0.15) is 0 Å². The third-order valence-corrected chi connectivity index (χ3v) is 2.11. The van der Waals surface area contributed by atoms with E-state index in [0.717, 1.165) is 9.79 Å². The average Bonchev–Trinajstić information content (AvgIpc) is 2.21. The lowest BCUT2D eigenvalue weighted by Crippen LogP contribution is -1.56. The van der Waals surface area contributed by atoms with Gasteiger partial charge in [-0.25, -0.2) is 0 Å². The van der Waals surface area contributed by atoms with Crippen LogP contribution in [0.15, 0.2) is 70.5 Å². The molecule has 0 aliphatic carbocycles. The Labute approximate surface area is 103 Å². The second-order valence-corrected chi connectivity index (χ2v) is 3.70. The van der Waals surface area contributed by atoms with Gasteiger partial charge in [-0.1, -0.05) is 43.8 Å². The number of hydrogen-bond donors (Lipinski definition) is 2. The summed E-state index contributed by atoms with van der Waals surface area (Å²) in [6.07, 6.45) is 0. The quantitative estimate of drug-likeness (QED) is 0.614. The highest BCUT2D eigenvalue weighted by molar-refractivity contribution is 7.80. The van der Waals surface area contributed by atoms with E-state index in [1.54, 1.807) is 0 Å². The van der Waals surface area contributed by atoms with Crippen molar-refractivity contribution >= 4 is 25.3 Å². The highest BCUT2D eigenvalue weighted by Crippen LogP contribution is 2.01. The summed E-state index contributed by atoms with van der Waals surface area (Å²) in [5.41, 5.74) is 0. The van der Waals surface area contributed by atoms with Crippen LogP contribution in [0.25, 0.3) is 0 Å². The molecule has 0 aliphatic heterocycles. The van der Waals surface area contributed by atoms with Crippen LogP contribution >= 0.6 is 25.3 Å². The summed E-state index contributed by atoms with van der Waals surface area (Å²) in [5.74, 6) is 0. The molecule has 0 radical (unpaired) electrons. The Kier molecular flexibility index (Phi) is 7.96. The molecular formula is C13H16S2. The van der Waals surface area contributed by atoms with Gasteiger partial charge < -0.3 is 0 Å². The molecule has 0 nitrogen and oxygen atoms in total. The van der Waals surface area contributed by atoms with Gasteiger partial charge in [-0.2, -0.15) is 0 Å². The van der Waals surface area contributed by atoms with Crippen molar-refractivity contribution in [3.63, 3.8) is 0 Å². The zero-order valence-corrected chi connectivity index (χ0v) is 9.46. The average molecular weight is 236 g/mol. The van der Waals surface area contributed by atoms with E-state index in [-0.39, 0.29) is 7.43 Å². The van der Waals surface area contributed by atoms with E-state index in [2.05, 4.69) is 25.3 Å². The first kappa shape index (κ1) is 14.1.